The summed E-state index contributed by atoms with van der Waals surface area (Å²) in [6.45, 7) is 4.32. The zero-order valence-corrected chi connectivity index (χ0v) is 14.4. The molecule has 126 valence electrons. The Hall–Kier alpha value is -3.39. The number of hydrogen-bond donors (Lipinski definition) is 0. The number of nitrogens with zero attached hydrogens (tertiary/aromatic N) is 1. The van der Waals surface area contributed by atoms with Crippen molar-refractivity contribution in [1.82, 2.24) is 4.57 Å². The summed E-state index contributed by atoms with van der Waals surface area (Å²) in [5.74, 6) is 0. The lowest BCUT2D eigenvalue weighted by molar-refractivity contribution is 0.800. The van der Waals surface area contributed by atoms with Gasteiger partial charge in [0.2, 0.25) is 0 Å². The van der Waals surface area contributed by atoms with Gasteiger partial charge in [0.25, 0.3) is 5.56 Å². The van der Waals surface area contributed by atoms with Gasteiger partial charge in [-0.05, 0) is 22.6 Å². The molecule has 1 aromatic heterocycles. The van der Waals surface area contributed by atoms with Gasteiger partial charge in [0, 0.05) is 17.5 Å². The normalized spacial score (nSPS) is 10.8. The van der Waals surface area contributed by atoms with Crippen LogP contribution in [0.3, 0.4) is 0 Å². The Morgan fingerprint density at radius 2 is 1.27 bits per heavy atom. The second kappa shape index (κ2) is 6.85. The number of rotatable bonds is 4. The molecule has 3 aromatic carbocycles. The first-order valence-corrected chi connectivity index (χ1v) is 8.68. The van der Waals surface area contributed by atoms with Gasteiger partial charge in [0.05, 0.1) is 5.69 Å². The fourth-order valence-electron chi connectivity index (χ4n) is 3.49. The molecule has 0 spiro atoms. The molecule has 0 N–H and O–H groups in total. The van der Waals surface area contributed by atoms with E-state index in [-0.39, 0.29) is 5.56 Å². The Morgan fingerprint density at radius 3 is 1.88 bits per heavy atom. The van der Waals surface area contributed by atoms with Gasteiger partial charge < -0.3 is 4.57 Å². The molecule has 0 radical (unpaired) electrons. The van der Waals surface area contributed by atoms with Crippen LogP contribution in [0.5, 0.6) is 0 Å². The van der Waals surface area contributed by atoms with E-state index in [1.165, 1.54) is 0 Å². The summed E-state index contributed by atoms with van der Waals surface area (Å²) in [5.41, 5.74) is 4.14. The average molecular weight is 337 g/mol. The van der Waals surface area contributed by atoms with Crippen LogP contribution in [-0.2, 0) is 6.54 Å². The predicted octanol–water partition coefficient (Wildman–Crippen LogP) is 5.52. The predicted molar refractivity (Wildman–Crippen MR) is 109 cm³/mol. The van der Waals surface area contributed by atoms with E-state index in [2.05, 4.69) is 30.8 Å². The lowest BCUT2D eigenvalue weighted by Crippen LogP contribution is -2.22. The van der Waals surface area contributed by atoms with Gasteiger partial charge >= 0.3 is 0 Å². The molecule has 0 aliphatic rings. The minimum absolute atomic E-state index is 0.0130. The van der Waals surface area contributed by atoms with Gasteiger partial charge in [-0.25, -0.2) is 0 Å². The van der Waals surface area contributed by atoms with E-state index in [9.17, 15) is 4.79 Å². The zero-order valence-electron chi connectivity index (χ0n) is 14.4. The highest BCUT2D eigenvalue weighted by Crippen LogP contribution is 2.36. The van der Waals surface area contributed by atoms with Crippen LogP contribution >= 0.6 is 0 Å². The Morgan fingerprint density at radius 1 is 0.731 bits per heavy atom. The molecule has 2 nitrogen and oxygen atoms in total. The van der Waals surface area contributed by atoms with Crippen molar-refractivity contribution < 1.29 is 0 Å². The maximum Gasteiger partial charge on any atom is 0.259 e. The van der Waals surface area contributed by atoms with E-state index in [1.54, 1.807) is 6.08 Å². The maximum atomic E-state index is 13.2. The molecule has 0 saturated heterocycles. The van der Waals surface area contributed by atoms with Gasteiger partial charge in [-0.15, -0.1) is 6.58 Å². The zero-order chi connectivity index (χ0) is 17.9. The molecule has 2 heteroatoms. The molecular weight excluding hydrogens is 318 g/mol. The molecule has 0 aliphatic carbocycles. The number of fused-ring (bicyclic) bond motifs is 1. The third-order valence-corrected chi connectivity index (χ3v) is 4.60. The van der Waals surface area contributed by atoms with Crippen molar-refractivity contribution in [3.05, 3.63) is 108 Å². The van der Waals surface area contributed by atoms with E-state index in [0.717, 1.165) is 33.2 Å². The van der Waals surface area contributed by atoms with Gasteiger partial charge in [-0.2, -0.15) is 0 Å². The molecule has 4 aromatic rings. The van der Waals surface area contributed by atoms with Crippen molar-refractivity contribution >= 4 is 10.8 Å². The third kappa shape index (κ3) is 2.66. The Kier molecular flexibility index (Phi) is 4.24. The molecule has 1 heterocycles. The van der Waals surface area contributed by atoms with Gasteiger partial charge in [-0.1, -0.05) is 84.9 Å². The highest BCUT2D eigenvalue weighted by atomic mass is 16.1. The van der Waals surface area contributed by atoms with Gasteiger partial charge in [-0.3, -0.25) is 4.79 Å². The van der Waals surface area contributed by atoms with Crippen LogP contribution in [-0.4, -0.2) is 4.57 Å². The second-order valence-corrected chi connectivity index (χ2v) is 6.21. The van der Waals surface area contributed by atoms with Crippen molar-refractivity contribution in [2.24, 2.45) is 0 Å². The monoisotopic (exact) mass is 337 g/mol. The number of allylic oxidation sites excluding steroid dienone is 1. The molecule has 4 rings (SSSR count). The van der Waals surface area contributed by atoms with Crippen molar-refractivity contribution in [1.29, 1.82) is 0 Å². The summed E-state index contributed by atoms with van der Waals surface area (Å²) < 4.78 is 1.83. The summed E-state index contributed by atoms with van der Waals surface area (Å²) in [7, 11) is 0. The first-order chi connectivity index (χ1) is 12.8. The van der Waals surface area contributed by atoms with Crippen molar-refractivity contribution in [2.45, 2.75) is 6.54 Å². The van der Waals surface area contributed by atoms with Crippen LogP contribution in [0.15, 0.2) is 102 Å². The van der Waals surface area contributed by atoms with Crippen molar-refractivity contribution in [3.8, 4) is 22.4 Å². The third-order valence-electron chi connectivity index (χ3n) is 4.60. The lowest BCUT2D eigenvalue weighted by Gasteiger charge is -2.19. The summed E-state index contributed by atoms with van der Waals surface area (Å²) >= 11 is 0. The van der Waals surface area contributed by atoms with E-state index >= 15 is 0 Å². The standard InChI is InChI=1S/C24H19NO/c1-2-17-25-23(19-13-7-4-8-14-19)22(18-11-5-3-6-12-18)20-15-9-10-16-21(20)24(25)26/h2-16H,1,17H2. The van der Waals surface area contributed by atoms with Crippen LogP contribution < -0.4 is 5.56 Å². The highest BCUT2D eigenvalue weighted by Gasteiger charge is 2.18. The molecule has 0 fully saturated rings. The molecular formula is C24H19NO. The first-order valence-electron chi connectivity index (χ1n) is 8.68. The van der Waals surface area contributed by atoms with Crippen LogP contribution in [0.4, 0.5) is 0 Å². The number of hydrogen-bond acceptors (Lipinski definition) is 1. The number of pyridine rings is 1. The van der Waals surface area contributed by atoms with Crippen molar-refractivity contribution in [3.63, 3.8) is 0 Å². The van der Waals surface area contributed by atoms with Crippen LogP contribution in [0.1, 0.15) is 0 Å². The van der Waals surface area contributed by atoms with E-state index in [4.69, 9.17) is 0 Å². The highest BCUT2D eigenvalue weighted by molar-refractivity contribution is 6.02. The fraction of sp³-hybridized carbons (Fsp3) is 0.0417. The minimum atomic E-state index is 0.0130. The topological polar surface area (TPSA) is 22.0 Å². The number of aromatic nitrogens is 1. The van der Waals surface area contributed by atoms with Crippen LogP contribution in [0, 0.1) is 0 Å². The molecule has 0 saturated carbocycles. The molecule has 0 aliphatic heterocycles. The molecule has 26 heavy (non-hydrogen) atoms. The summed E-state index contributed by atoms with van der Waals surface area (Å²) in [4.78, 5) is 13.2. The number of benzene rings is 3. The molecule has 0 bridgehead atoms. The quantitative estimate of drug-likeness (QED) is 0.449. The lowest BCUT2D eigenvalue weighted by atomic mass is 9.93. The first kappa shape index (κ1) is 16.1. The molecule has 0 unspecified atom stereocenters. The minimum Gasteiger partial charge on any atom is -0.303 e. The summed E-state index contributed by atoms with van der Waals surface area (Å²) in [6, 6.07) is 28.2. The van der Waals surface area contributed by atoms with Gasteiger partial charge in [0.1, 0.15) is 0 Å². The van der Waals surface area contributed by atoms with E-state index < -0.39 is 0 Å². The largest absolute Gasteiger partial charge is 0.303 e. The van der Waals surface area contributed by atoms with E-state index in [1.807, 2.05) is 65.2 Å². The Balaban J connectivity index is 2.24. The van der Waals surface area contributed by atoms with Gasteiger partial charge in [0.15, 0.2) is 0 Å². The van der Waals surface area contributed by atoms with Crippen LogP contribution in [0.2, 0.25) is 0 Å². The van der Waals surface area contributed by atoms with E-state index in [0.29, 0.717) is 6.54 Å². The fourth-order valence-corrected chi connectivity index (χ4v) is 3.49. The SMILES string of the molecule is C=CCn1c(-c2ccccc2)c(-c2ccccc2)c2ccccc2c1=O. The maximum absolute atomic E-state index is 13.2. The Labute approximate surface area is 152 Å². The molecule has 0 amide bonds. The summed E-state index contributed by atoms with van der Waals surface area (Å²) in [6.07, 6.45) is 1.78. The summed E-state index contributed by atoms with van der Waals surface area (Å²) in [5, 5.41) is 1.70. The Bertz CT molecular complexity index is 1130. The smallest absolute Gasteiger partial charge is 0.259 e. The average Bonchev–Trinajstić information content (AvgIpc) is 2.71. The van der Waals surface area contributed by atoms with Crippen molar-refractivity contribution in [2.75, 3.05) is 0 Å². The molecule has 0 atom stereocenters. The second-order valence-electron chi connectivity index (χ2n) is 6.21. The van der Waals surface area contributed by atoms with Crippen LogP contribution in [0.25, 0.3) is 33.2 Å².